The fourth-order valence-corrected chi connectivity index (χ4v) is 2.74. The van der Waals surface area contributed by atoms with Crippen LogP contribution in [0.5, 0.6) is 5.75 Å². The van der Waals surface area contributed by atoms with Crippen LogP contribution in [0.4, 0.5) is 10.1 Å². The fourth-order valence-electron chi connectivity index (χ4n) is 2.74. The van der Waals surface area contributed by atoms with Crippen LogP contribution in [-0.2, 0) is 4.79 Å². The molecule has 3 aromatic carbocycles. The Kier molecular flexibility index (Phi) is 4.76. The van der Waals surface area contributed by atoms with Gasteiger partial charge in [0.25, 0.3) is 5.91 Å². The summed E-state index contributed by atoms with van der Waals surface area (Å²) < 4.78 is 24.3. The highest BCUT2D eigenvalue weighted by Gasteiger charge is 2.16. The Morgan fingerprint density at radius 2 is 1.86 bits per heavy atom. The molecule has 1 amide bonds. The van der Waals surface area contributed by atoms with Gasteiger partial charge in [-0.25, -0.2) is 9.37 Å². The molecule has 5 nitrogen and oxygen atoms in total. The van der Waals surface area contributed by atoms with Crippen molar-refractivity contribution in [3.05, 3.63) is 78.6 Å². The zero-order chi connectivity index (χ0) is 19.5. The number of hydrogen-bond donors (Lipinski definition) is 1. The van der Waals surface area contributed by atoms with E-state index < -0.39 is 6.10 Å². The number of hydrogen-bond acceptors (Lipinski definition) is 4. The Balaban J connectivity index is 1.48. The maximum atomic E-state index is 13.0. The standard InChI is InChI=1S/C22H17FN2O3/c1-14(27-18-11-9-16(23)10-12-18)21(26)24-17-6-4-5-15(13-17)22-25-19-7-2-3-8-20(19)28-22/h2-14H,1H3,(H,24,26)/t14-/m1/s1. The number of carbonyl (C=O) groups is 1. The molecule has 0 fully saturated rings. The molecule has 0 aliphatic rings. The number of nitrogens with one attached hydrogen (secondary N) is 1. The number of oxazole rings is 1. The maximum Gasteiger partial charge on any atom is 0.265 e. The number of aromatic nitrogens is 1. The third-order valence-corrected chi connectivity index (χ3v) is 4.17. The van der Waals surface area contributed by atoms with Gasteiger partial charge in [-0.2, -0.15) is 0 Å². The Bertz CT molecular complexity index is 1090. The number of halogens is 1. The first-order valence-electron chi connectivity index (χ1n) is 8.77. The van der Waals surface area contributed by atoms with Crippen molar-refractivity contribution in [3.63, 3.8) is 0 Å². The van der Waals surface area contributed by atoms with Gasteiger partial charge in [-0.3, -0.25) is 4.79 Å². The number of ether oxygens (including phenoxy) is 1. The summed E-state index contributed by atoms with van der Waals surface area (Å²) in [6.45, 7) is 1.63. The van der Waals surface area contributed by atoms with Crippen molar-refractivity contribution < 1.29 is 18.3 Å². The van der Waals surface area contributed by atoms with Crippen LogP contribution in [-0.4, -0.2) is 17.0 Å². The average molecular weight is 376 g/mol. The molecular weight excluding hydrogens is 359 g/mol. The van der Waals surface area contributed by atoms with E-state index >= 15 is 0 Å². The number of para-hydroxylation sites is 2. The molecular formula is C22H17FN2O3. The van der Waals surface area contributed by atoms with Gasteiger partial charge in [-0.05, 0) is 61.5 Å². The van der Waals surface area contributed by atoms with Gasteiger partial charge < -0.3 is 14.5 Å². The fraction of sp³-hybridized carbons (Fsp3) is 0.0909. The Morgan fingerprint density at radius 1 is 1.07 bits per heavy atom. The highest BCUT2D eigenvalue weighted by atomic mass is 19.1. The van der Waals surface area contributed by atoms with Crippen LogP contribution < -0.4 is 10.1 Å². The summed E-state index contributed by atoms with van der Waals surface area (Å²) in [5.74, 6) is 0.219. The normalized spacial score (nSPS) is 11.9. The lowest BCUT2D eigenvalue weighted by Gasteiger charge is -2.15. The van der Waals surface area contributed by atoms with Gasteiger partial charge in [0.15, 0.2) is 11.7 Å². The number of amides is 1. The van der Waals surface area contributed by atoms with E-state index in [9.17, 15) is 9.18 Å². The van der Waals surface area contributed by atoms with E-state index in [4.69, 9.17) is 9.15 Å². The molecule has 4 rings (SSSR count). The zero-order valence-electron chi connectivity index (χ0n) is 15.1. The van der Waals surface area contributed by atoms with Crippen LogP contribution in [0.3, 0.4) is 0 Å². The minimum Gasteiger partial charge on any atom is -0.481 e. The van der Waals surface area contributed by atoms with E-state index in [1.807, 2.05) is 36.4 Å². The maximum absolute atomic E-state index is 13.0. The first-order valence-corrected chi connectivity index (χ1v) is 8.77. The third-order valence-electron chi connectivity index (χ3n) is 4.17. The van der Waals surface area contributed by atoms with Crippen LogP contribution in [0.15, 0.2) is 77.2 Å². The molecule has 28 heavy (non-hydrogen) atoms. The predicted octanol–water partition coefficient (Wildman–Crippen LogP) is 5.04. The van der Waals surface area contributed by atoms with Gasteiger partial charge in [-0.15, -0.1) is 0 Å². The summed E-state index contributed by atoms with van der Waals surface area (Å²) in [5.41, 5.74) is 2.82. The molecule has 0 aliphatic heterocycles. The van der Waals surface area contributed by atoms with E-state index in [0.29, 0.717) is 22.9 Å². The van der Waals surface area contributed by atoms with Crippen molar-refractivity contribution in [2.24, 2.45) is 0 Å². The lowest BCUT2D eigenvalue weighted by molar-refractivity contribution is -0.122. The molecule has 1 aromatic heterocycles. The second-order valence-corrected chi connectivity index (χ2v) is 6.27. The summed E-state index contributed by atoms with van der Waals surface area (Å²) in [6, 6.07) is 20.3. The second-order valence-electron chi connectivity index (χ2n) is 6.27. The van der Waals surface area contributed by atoms with Crippen molar-refractivity contribution >= 4 is 22.7 Å². The van der Waals surface area contributed by atoms with E-state index in [1.54, 1.807) is 19.1 Å². The lowest BCUT2D eigenvalue weighted by Crippen LogP contribution is -2.30. The Hall–Kier alpha value is -3.67. The van der Waals surface area contributed by atoms with Gasteiger partial charge in [0.05, 0.1) is 0 Å². The molecule has 1 N–H and O–H groups in total. The number of rotatable bonds is 5. The van der Waals surface area contributed by atoms with Gasteiger partial charge in [-0.1, -0.05) is 18.2 Å². The largest absolute Gasteiger partial charge is 0.481 e. The summed E-state index contributed by atoms with van der Waals surface area (Å²) in [5, 5.41) is 2.81. The van der Waals surface area contributed by atoms with Crippen molar-refractivity contribution in [1.29, 1.82) is 0 Å². The van der Waals surface area contributed by atoms with E-state index in [-0.39, 0.29) is 11.7 Å². The Labute approximate surface area is 160 Å². The third kappa shape index (κ3) is 3.86. The van der Waals surface area contributed by atoms with Crippen molar-refractivity contribution in [1.82, 2.24) is 4.98 Å². The van der Waals surface area contributed by atoms with E-state index in [0.717, 1.165) is 11.1 Å². The van der Waals surface area contributed by atoms with Crippen molar-refractivity contribution in [2.45, 2.75) is 13.0 Å². The van der Waals surface area contributed by atoms with Crippen molar-refractivity contribution in [2.75, 3.05) is 5.32 Å². The highest BCUT2D eigenvalue weighted by molar-refractivity contribution is 5.94. The summed E-state index contributed by atoms with van der Waals surface area (Å²) in [7, 11) is 0. The molecule has 0 bridgehead atoms. The van der Waals surface area contributed by atoms with Crippen LogP contribution in [0.2, 0.25) is 0 Å². The molecule has 140 valence electrons. The SMILES string of the molecule is C[C@@H](Oc1ccc(F)cc1)C(=O)Nc1cccc(-c2nc3ccccc3o2)c1. The van der Waals surface area contributed by atoms with Crippen LogP contribution in [0.25, 0.3) is 22.6 Å². The van der Waals surface area contributed by atoms with Gasteiger partial charge in [0.1, 0.15) is 17.1 Å². The Morgan fingerprint density at radius 3 is 2.64 bits per heavy atom. The highest BCUT2D eigenvalue weighted by Crippen LogP contribution is 2.26. The van der Waals surface area contributed by atoms with Gasteiger partial charge >= 0.3 is 0 Å². The number of benzene rings is 3. The molecule has 0 unspecified atom stereocenters. The second kappa shape index (κ2) is 7.52. The minimum absolute atomic E-state index is 0.320. The summed E-state index contributed by atoms with van der Waals surface area (Å²) in [4.78, 5) is 16.9. The molecule has 0 radical (unpaired) electrons. The molecule has 1 heterocycles. The summed E-state index contributed by atoms with van der Waals surface area (Å²) in [6.07, 6.45) is -0.751. The molecule has 0 saturated heterocycles. The van der Waals surface area contributed by atoms with Crippen LogP contribution in [0, 0.1) is 5.82 Å². The smallest absolute Gasteiger partial charge is 0.265 e. The van der Waals surface area contributed by atoms with Gasteiger partial charge in [0.2, 0.25) is 5.89 Å². The van der Waals surface area contributed by atoms with E-state index in [2.05, 4.69) is 10.3 Å². The molecule has 0 aliphatic carbocycles. The first kappa shape index (κ1) is 17.7. The minimum atomic E-state index is -0.751. The topological polar surface area (TPSA) is 64.4 Å². The van der Waals surface area contributed by atoms with Crippen LogP contribution in [0.1, 0.15) is 6.92 Å². The number of anilines is 1. The zero-order valence-corrected chi connectivity index (χ0v) is 15.1. The number of carbonyl (C=O) groups excluding carboxylic acids is 1. The van der Waals surface area contributed by atoms with Crippen molar-refractivity contribution in [3.8, 4) is 17.2 Å². The number of nitrogens with zero attached hydrogens (tertiary/aromatic N) is 1. The molecule has 0 spiro atoms. The first-order chi connectivity index (χ1) is 13.6. The predicted molar refractivity (Wildman–Crippen MR) is 105 cm³/mol. The molecule has 6 heteroatoms. The molecule has 0 saturated carbocycles. The summed E-state index contributed by atoms with van der Waals surface area (Å²) >= 11 is 0. The molecule has 4 aromatic rings. The number of fused-ring (bicyclic) bond motifs is 1. The van der Waals surface area contributed by atoms with Crippen LogP contribution >= 0.6 is 0 Å². The lowest BCUT2D eigenvalue weighted by atomic mass is 10.2. The van der Waals surface area contributed by atoms with E-state index in [1.165, 1.54) is 24.3 Å². The monoisotopic (exact) mass is 376 g/mol. The average Bonchev–Trinajstić information content (AvgIpc) is 3.14. The molecule has 1 atom stereocenters. The van der Waals surface area contributed by atoms with Gasteiger partial charge in [0, 0.05) is 11.3 Å². The quantitative estimate of drug-likeness (QED) is 0.530.